The summed E-state index contributed by atoms with van der Waals surface area (Å²) in [5.41, 5.74) is 1.13. The van der Waals surface area contributed by atoms with Crippen LogP contribution < -0.4 is 14.2 Å². The number of nitrogens with zero attached hydrogens (tertiary/aromatic N) is 2. The van der Waals surface area contributed by atoms with E-state index in [9.17, 15) is 14.7 Å². The van der Waals surface area contributed by atoms with Gasteiger partial charge in [-0.15, -0.1) is 0 Å². The second kappa shape index (κ2) is 10.6. The van der Waals surface area contributed by atoms with Gasteiger partial charge in [-0.2, -0.15) is 0 Å². The number of likely N-dealkylation sites (tertiary alicyclic amines) is 1. The van der Waals surface area contributed by atoms with Gasteiger partial charge in [0.15, 0.2) is 11.5 Å². The molecule has 1 N–H and O–H groups in total. The highest BCUT2D eigenvalue weighted by Crippen LogP contribution is 2.42. The monoisotopic (exact) mass is 494 g/mol. The van der Waals surface area contributed by atoms with Crippen molar-refractivity contribution in [2.75, 3.05) is 52.8 Å². The fourth-order valence-electron chi connectivity index (χ4n) is 4.72. The predicted molar refractivity (Wildman–Crippen MR) is 131 cm³/mol. The second-order valence-corrected chi connectivity index (χ2v) is 8.94. The number of hydrogen-bond donors (Lipinski definition) is 1. The van der Waals surface area contributed by atoms with Crippen LogP contribution in [-0.4, -0.2) is 79.4 Å². The van der Waals surface area contributed by atoms with Gasteiger partial charge < -0.3 is 29.0 Å². The number of Topliss-reactive ketones (excluding diaryl/α,β-unsaturated/α-hetero) is 1. The minimum atomic E-state index is -0.748. The van der Waals surface area contributed by atoms with Crippen LogP contribution in [0.15, 0.2) is 48.0 Å². The lowest BCUT2D eigenvalue weighted by molar-refractivity contribution is -0.140. The molecule has 3 heterocycles. The summed E-state index contributed by atoms with van der Waals surface area (Å²) in [5.74, 6) is 0.107. The van der Waals surface area contributed by atoms with Crippen LogP contribution in [0.2, 0.25) is 0 Å². The molecule has 1 unspecified atom stereocenters. The molecule has 2 aromatic rings. The molecule has 9 heteroatoms. The van der Waals surface area contributed by atoms with Crippen LogP contribution in [0.5, 0.6) is 17.2 Å². The second-order valence-electron chi connectivity index (χ2n) is 8.94. The number of carbonyl (C=O) groups is 2. The molecule has 0 aromatic heterocycles. The molecule has 0 radical (unpaired) electrons. The Balaban J connectivity index is 1.53. The molecule has 9 nitrogen and oxygen atoms in total. The fraction of sp³-hybridized carbons (Fsp3) is 0.407. The Labute approximate surface area is 209 Å². The molecule has 1 amide bonds. The van der Waals surface area contributed by atoms with Crippen molar-refractivity contribution in [1.29, 1.82) is 0 Å². The molecule has 0 bridgehead atoms. The Morgan fingerprint density at radius 2 is 1.86 bits per heavy atom. The first-order chi connectivity index (χ1) is 17.6. The molecule has 1 atom stereocenters. The Kier molecular flexibility index (Phi) is 7.11. The molecule has 0 aliphatic carbocycles. The smallest absolute Gasteiger partial charge is 0.295 e. The summed E-state index contributed by atoms with van der Waals surface area (Å²) in [7, 11) is 0. The molecule has 190 valence electrons. The van der Waals surface area contributed by atoms with Gasteiger partial charge in [0.25, 0.3) is 11.7 Å². The summed E-state index contributed by atoms with van der Waals surface area (Å²) < 4.78 is 22.0. The molecule has 0 spiro atoms. The lowest BCUT2D eigenvalue weighted by Crippen LogP contribution is -2.42. The number of morpholine rings is 1. The normalized spacial score (nSPS) is 21.2. The van der Waals surface area contributed by atoms with E-state index in [-0.39, 0.29) is 18.1 Å². The number of rotatable bonds is 8. The number of aliphatic hydroxyl groups is 1. The van der Waals surface area contributed by atoms with Gasteiger partial charge in [-0.25, -0.2) is 0 Å². The number of benzene rings is 2. The first kappa shape index (κ1) is 24.1. The molecule has 5 rings (SSSR count). The highest BCUT2D eigenvalue weighted by atomic mass is 16.7. The topological polar surface area (TPSA) is 97.8 Å². The van der Waals surface area contributed by atoms with E-state index in [0.29, 0.717) is 61.3 Å². The third-order valence-electron chi connectivity index (χ3n) is 6.59. The van der Waals surface area contributed by atoms with Crippen LogP contribution in [0.3, 0.4) is 0 Å². The van der Waals surface area contributed by atoms with Crippen molar-refractivity contribution >= 4 is 17.4 Å². The predicted octanol–water partition coefficient (Wildman–Crippen LogP) is 2.96. The molecular weight excluding hydrogens is 464 g/mol. The van der Waals surface area contributed by atoms with E-state index in [1.807, 2.05) is 31.2 Å². The first-order valence-electron chi connectivity index (χ1n) is 12.3. The van der Waals surface area contributed by atoms with Crippen LogP contribution in [0, 0.1) is 0 Å². The summed E-state index contributed by atoms with van der Waals surface area (Å²) in [4.78, 5) is 30.3. The van der Waals surface area contributed by atoms with Gasteiger partial charge in [-0.3, -0.25) is 14.5 Å². The average molecular weight is 495 g/mol. The minimum absolute atomic E-state index is 0.0495. The van der Waals surface area contributed by atoms with Gasteiger partial charge >= 0.3 is 0 Å². The molecule has 2 fully saturated rings. The molecule has 3 aliphatic rings. The number of amides is 1. The van der Waals surface area contributed by atoms with E-state index in [1.165, 1.54) is 0 Å². The number of hydrogen-bond acceptors (Lipinski definition) is 8. The standard InChI is InChI=1S/C27H30N2O7/c1-2-12-34-20-5-3-4-18(15-20)24-23(25(30)19-6-7-21-22(16-19)36-17-35-21)26(31)27(32)29(24)9-8-28-10-13-33-14-11-28/h3-7,15-16,24,30H,2,8-14,17H2,1H3/b25-23+. The van der Waals surface area contributed by atoms with E-state index >= 15 is 0 Å². The van der Waals surface area contributed by atoms with E-state index in [4.69, 9.17) is 18.9 Å². The van der Waals surface area contributed by atoms with E-state index in [1.54, 1.807) is 23.1 Å². The lowest BCUT2D eigenvalue weighted by atomic mass is 9.95. The Bertz CT molecular complexity index is 1170. The first-order valence-corrected chi connectivity index (χ1v) is 12.3. The summed E-state index contributed by atoms with van der Waals surface area (Å²) in [6.07, 6.45) is 0.854. The highest BCUT2D eigenvalue weighted by molar-refractivity contribution is 6.46. The van der Waals surface area contributed by atoms with Crippen molar-refractivity contribution in [3.05, 3.63) is 59.2 Å². The summed E-state index contributed by atoms with van der Waals surface area (Å²) in [6, 6.07) is 11.6. The van der Waals surface area contributed by atoms with Gasteiger partial charge in [-0.1, -0.05) is 19.1 Å². The number of carbonyl (C=O) groups excluding carboxylic acids is 2. The Morgan fingerprint density at radius 1 is 1.06 bits per heavy atom. The van der Waals surface area contributed by atoms with Crippen LogP contribution in [0.4, 0.5) is 0 Å². The third kappa shape index (κ3) is 4.76. The van der Waals surface area contributed by atoms with Crippen molar-refractivity contribution in [2.45, 2.75) is 19.4 Å². The summed E-state index contributed by atoms with van der Waals surface area (Å²) in [6.45, 7) is 6.43. The van der Waals surface area contributed by atoms with Gasteiger partial charge in [-0.05, 0) is 42.3 Å². The molecule has 2 aromatic carbocycles. The zero-order valence-electron chi connectivity index (χ0n) is 20.3. The van der Waals surface area contributed by atoms with E-state index in [0.717, 1.165) is 19.5 Å². The number of ketones is 1. The Hall–Kier alpha value is -3.56. The zero-order chi connectivity index (χ0) is 25.1. The molecule has 36 heavy (non-hydrogen) atoms. The number of fused-ring (bicyclic) bond motifs is 1. The molecule has 3 aliphatic heterocycles. The average Bonchev–Trinajstić information content (AvgIpc) is 3.48. The minimum Gasteiger partial charge on any atom is -0.507 e. The molecular formula is C27H30N2O7. The van der Waals surface area contributed by atoms with Gasteiger partial charge in [0.2, 0.25) is 6.79 Å². The maximum atomic E-state index is 13.3. The maximum absolute atomic E-state index is 13.3. The molecule has 2 saturated heterocycles. The summed E-state index contributed by atoms with van der Waals surface area (Å²) >= 11 is 0. The lowest BCUT2D eigenvalue weighted by Gasteiger charge is -2.31. The van der Waals surface area contributed by atoms with Crippen LogP contribution in [-0.2, 0) is 14.3 Å². The fourth-order valence-corrected chi connectivity index (χ4v) is 4.72. The van der Waals surface area contributed by atoms with Gasteiger partial charge in [0.05, 0.1) is 31.4 Å². The van der Waals surface area contributed by atoms with Crippen molar-refractivity contribution in [3.8, 4) is 17.2 Å². The number of ether oxygens (including phenoxy) is 4. The number of aliphatic hydroxyl groups excluding tert-OH is 1. The highest BCUT2D eigenvalue weighted by Gasteiger charge is 2.46. The van der Waals surface area contributed by atoms with Crippen molar-refractivity contribution < 1.29 is 33.6 Å². The molecule has 0 saturated carbocycles. The van der Waals surface area contributed by atoms with Crippen molar-refractivity contribution in [3.63, 3.8) is 0 Å². The maximum Gasteiger partial charge on any atom is 0.295 e. The quantitative estimate of drug-likeness (QED) is 0.340. The summed E-state index contributed by atoms with van der Waals surface area (Å²) in [5, 5.41) is 11.3. The van der Waals surface area contributed by atoms with Crippen LogP contribution in [0.1, 0.15) is 30.5 Å². The largest absolute Gasteiger partial charge is 0.507 e. The van der Waals surface area contributed by atoms with Crippen molar-refractivity contribution in [2.24, 2.45) is 0 Å². The van der Waals surface area contributed by atoms with Crippen LogP contribution in [0.25, 0.3) is 5.76 Å². The zero-order valence-corrected chi connectivity index (χ0v) is 20.3. The van der Waals surface area contributed by atoms with Gasteiger partial charge in [0, 0.05) is 31.7 Å². The van der Waals surface area contributed by atoms with E-state index in [2.05, 4.69) is 4.90 Å². The third-order valence-corrected chi connectivity index (χ3v) is 6.59. The van der Waals surface area contributed by atoms with E-state index < -0.39 is 17.7 Å². The van der Waals surface area contributed by atoms with Crippen molar-refractivity contribution in [1.82, 2.24) is 9.80 Å². The van der Waals surface area contributed by atoms with Gasteiger partial charge in [0.1, 0.15) is 11.5 Å². The SMILES string of the molecule is CCCOc1cccc(C2/C(=C(\O)c3ccc4c(c3)OCO4)C(=O)C(=O)N2CCN2CCOCC2)c1. The Morgan fingerprint density at radius 3 is 2.67 bits per heavy atom. The van der Waals surface area contributed by atoms with Crippen LogP contribution >= 0.6 is 0 Å².